The van der Waals surface area contributed by atoms with Crippen molar-refractivity contribution in [1.82, 2.24) is 0 Å². The van der Waals surface area contributed by atoms with E-state index in [1.165, 1.54) is 12.3 Å². The van der Waals surface area contributed by atoms with E-state index in [-0.39, 0.29) is 36.8 Å². The average molecular weight is 628 g/mol. The summed E-state index contributed by atoms with van der Waals surface area (Å²) < 4.78 is 67.7. The van der Waals surface area contributed by atoms with Crippen LogP contribution in [-0.2, 0) is 33.5 Å². The van der Waals surface area contributed by atoms with Gasteiger partial charge in [0.1, 0.15) is 17.9 Å². The van der Waals surface area contributed by atoms with Crippen molar-refractivity contribution in [3.8, 4) is 16.9 Å². The van der Waals surface area contributed by atoms with Crippen LogP contribution in [0.2, 0.25) is 18.1 Å². The molecule has 0 saturated carbocycles. The minimum Gasteiger partial charge on any atom is -0.488 e. The summed E-state index contributed by atoms with van der Waals surface area (Å²) in [6.45, 7) is 11.6. The molecule has 1 heterocycles. The maximum Gasteiger partial charge on any atom is 0.417 e. The van der Waals surface area contributed by atoms with Crippen LogP contribution in [0.5, 0.6) is 5.75 Å². The number of alkyl halides is 3. The molecule has 0 saturated heterocycles. The van der Waals surface area contributed by atoms with Crippen LogP contribution in [0.3, 0.4) is 0 Å². The number of para-hydroxylation sites is 1. The van der Waals surface area contributed by atoms with Crippen molar-refractivity contribution in [3.63, 3.8) is 0 Å². The zero-order valence-electron chi connectivity index (χ0n) is 26.0. The molecule has 3 aromatic carbocycles. The molecule has 0 aliphatic rings. The number of esters is 1. The molecule has 0 bridgehead atoms. The number of fused-ring (bicyclic) bond motifs is 1. The molecule has 4 aromatic rings. The zero-order valence-corrected chi connectivity index (χ0v) is 27.0. The molecule has 0 spiro atoms. The smallest absolute Gasteiger partial charge is 0.417 e. The number of rotatable bonds is 11. The molecule has 0 aliphatic heterocycles. The van der Waals surface area contributed by atoms with Crippen molar-refractivity contribution in [1.29, 1.82) is 0 Å². The van der Waals surface area contributed by atoms with Gasteiger partial charge < -0.3 is 24.1 Å². The Morgan fingerprint density at radius 2 is 1.70 bits per heavy atom. The summed E-state index contributed by atoms with van der Waals surface area (Å²) in [5.74, 6) is 0.0857. The first-order chi connectivity index (χ1) is 20.6. The van der Waals surface area contributed by atoms with Crippen LogP contribution in [0, 0.1) is 0 Å². The zero-order chi connectivity index (χ0) is 32.3. The lowest BCUT2D eigenvalue weighted by molar-refractivity contribution is -0.201. The quantitative estimate of drug-likeness (QED) is 0.132. The van der Waals surface area contributed by atoms with Crippen molar-refractivity contribution in [2.24, 2.45) is 5.73 Å². The standard InChI is InChI=1S/C34H40F3NO5Si/c1-7-40-30(39)18-24-12-8-9-14-29(24)41-20-26-21-42-31-27(26)16-25(23-13-10-11-22(15-23)19-38)17-28(31)32(34(35,36)37)43-44(5,6)33(2,3)4/h8-17,21,32H,7,18-20,38H2,1-6H3. The first-order valence-electron chi connectivity index (χ1n) is 14.6. The lowest BCUT2D eigenvalue weighted by atomic mass is 9.95. The molecule has 0 aliphatic carbocycles. The SMILES string of the molecule is CCOC(=O)Cc1ccccc1OCc1coc2c(C(O[Si](C)(C)C(C)(C)C)C(F)(F)F)cc(-c3cccc(CN)c3)cc12. The molecule has 4 rings (SSSR count). The predicted molar refractivity (Wildman–Crippen MR) is 168 cm³/mol. The molecular weight excluding hydrogens is 587 g/mol. The number of furan rings is 1. The summed E-state index contributed by atoms with van der Waals surface area (Å²) in [6.07, 6.45) is -5.45. The molecule has 236 valence electrons. The fourth-order valence-electron chi connectivity index (χ4n) is 4.66. The second-order valence-electron chi connectivity index (χ2n) is 12.3. The third-order valence-electron chi connectivity index (χ3n) is 8.07. The Kier molecular flexibility index (Phi) is 9.97. The number of hydrogen-bond donors (Lipinski definition) is 1. The Labute approximate surface area is 257 Å². The lowest BCUT2D eigenvalue weighted by Gasteiger charge is -2.39. The van der Waals surface area contributed by atoms with Crippen LogP contribution in [0.4, 0.5) is 13.2 Å². The molecule has 6 nitrogen and oxygen atoms in total. The molecule has 10 heteroatoms. The summed E-state index contributed by atoms with van der Waals surface area (Å²) in [5, 5.41) is 0.0218. The van der Waals surface area contributed by atoms with E-state index < -0.39 is 25.6 Å². The van der Waals surface area contributed by atoms with E-state index >= 15 is 0 Å². The van der Waals surface area contributed by atoms with Gasteiger partial charge in [0.25, 0.3) is 0 Å². The van der Waals surface area contributed by atoms with Crippen LogP contribution in [0.25, 0.3) is 22.1 Å². The third kappa shape index (κ3) is 7.54. The van der Waals surface area contributed by atoms with Crippen molar-refractivity contribution >= 4 is 25.3 Å². The molecular formula is C34H40F3NO5Si. The molecule has 1 aromatic heterocycles. The van der Waals surface area contributed by atoms with E-state index in [4.69, 9.17) is 24.1 Å². The van der Waals surface area contributed by atoms with E-state index in [0.29, 0.717) is 34.4 Å². The van der Waals surface area contributed by atoms with E-state index in [0.717, 1.165) is 11.1 Å². The lowest BCUT2D eigenvalue weighted by Crippen LogP contribution is -2.44. The van der Waals surface area contributed by atoms with Crippen molar-refractivity contribution < 1.29 is 36.3 Å². The Balaban J connectivity index is 1.83. The summed E-state index contributed by atoms with van der Waals surface area (Å²) >= 11 is 0. The van der Waals surface area contributed by atoms with Gasteiger partial charge in [-0.25, -0.2) is 0 Å². The minimum atomic E-state index is -4.70. The highest BCUT2D eigenvalue weighted by molar-refractivity contribution is 6.74. The predicted octanol–water partition coefficient (Wildman–Crippen LogP) is 8.87. The molecule has 0 amide bonds. The van der Waals surface area contributed by atoms with Gasteiger partial charge in [-0.3, -0.25) is 4.79 Å². The Hall–Kier alpha value is -3.60. The maximum atomic E-state index is 14.9. The van der Waals surface area contributed by atoms with Crippen LogP contribution in [-0.4, -0.2) is 27.1 Å². The molecule has 1 unspecified atom stereocenters. The van der Waals surface area contributed by atoms with Crippen molar-refractivity contribution in [3.05, 3.63) is 89.2 Å². The summed E-state index contributed by atoms with van der Waals surface area (Å²) in [6, 6.07) is 17.8. The minimum absolute atomic E-state index is 0.00164. The van der Waals surface area contributed by atoms with Gasteiger partial charge in [0.2, 0.25) is 0 Å². The second-order valence-corrected chi connectivity index (χ2v) is 17.0. The summed E-state index contributed by atoms with van der Waals surface area (Å²) in [4.78, 5) is 12.1. The van der Waals surface area contributed by atoms with Gasteiger partial charge in [0.05, 0.1) is 19.3 Å². The van der Waals surface area contributed by atoms with Crippen LogP contribution >= 0.6 is 0 Å². The molecule has 2 N–H and O–H groups in total. The molecule has 0 radical (unpaired) electrons. The summed E-state index contributed by atoms with van der Waals surface area (Å²) in [5.41, 5.74) is 9.19. The van der Waals surface area contributed by atoms with Crippen LogP contribution < -0.4 is 10.5 Å². The highest BCUT2D eigenvalue weighted by atomic mass is 28.4. The van der Waals surface area contributed by atoms with Gasteiger partial charge in [-0.1, -0.05) is 57.2 Å². The van der Waals surface area contributed by atoms with Gasteiger partial charge in [-0.15, -0.1) is 0 Å². The number of halogens is 3. The largest absolute Gasteiger partial charge is 0.488 e. The van der Waals surface area contributed by atoms with Gasteiger partial charge in [0.15, 0.2) is 14.4 Å². The number of carbonyl (C=O) groups is 1. The first-order valence-corrected chi connectivity index (χ1v) is 17.5. The van der Waals surface area contributed by atoms with Gasteiger partial charge in [-0.2, -0.15) is 13.2 Å². The number of hydrogen-bond acceptors (Lipinski definition) is 6. The Bertz CT molecular complexity index is 1610. The topological polar surface area (TPSA) is 83.9 Å². The molecule has 0 fully saturated rings. The number of ether oxygens (including phenoxy) is 2. The number of carbonyl (C=O) groups excluding carboxylic acids is 1. The fraction of sp³-hybridized carbons (Fsp3) is 0.382. The highest BCUT2D eigenvalue weighted by Gasteiger charge is 2.49. The van der Waals surface area contributed by atoms with E-state index in [9.17, 15) is 18.0 Å². The maximum absolute atomic E-state index is 14.9. The normalized spacial score (nSPS) is 13.2. The second kappa shape index (κ2) is 13.2. The van der Waals surface area contributed by atoms with Crippen LogP contribution in [0.15, 0.2) is 71.3 Å². The van der Waals surface area contributed by atoms with Gasteiger partial charge >= 0.3 is 12.1 Å². The van der Waals surface area contributed by atoms with Crippen molar-refractivity contribution in [2.45, 2.75) is 77.7 Å². The van der Waals surface area contributed by atoms with Gasteiger partial charge in [-0.05, 0) is 66.0 Å². The molecule has 1 atom stereocenters. The Morgan fingerprint density at radius 3 is 2.36 bits per heavy atom. The fourth-order valence-corrected chi connectivity index (χ4v) is 5.86. The van der Waals surface area contributed by atoms with Crippen molar-refractivity contribution in [2.75, 3.05) is 6.61 Å². The third-order valence-corrected chi connectivity index (χ3v) is 12.5. The Morgan fingerprint density at radius 1 is 0.977 bits per heavy atom. The van der Waals surface area contributed by atoms with E-state index in [1.54, 1.807) is 50.3 Å². The number of nitrogens with two attached hydrogens (primary N) is 1. The highest BCUT2D eigenvalue weighted by Crippen LogP contribution is 2.47. The molecule has 44 heavy (non-hydrogen) atoms. The van der Waals surface area contributed by atoms with Gasteiger partial charge in [0, 0.05) is 28.6 Å². The van der Waals surface area contributed by atoms with E-state index in [1.807, 2.05) is 45.0 Å². The first kappa shape index (κ1) is 33.3. The van der Waals surface area contributed by atoms with E-state index in [2.05, 4.69) is 0 Å². The summed E-state index contributed by atoms with van der Waals surface area (Å²) in [7, 11) is -2.88. The monoisotopic (exact) mass is 627 g/mol. The number of benzene rings is 3. The van der Waals surface area contributed by atoms with Crippen LogP contribution in [0.1, 0.15) is 56.1 Å². The average Bonchev–Trinajstić information content (AvgIpc) is 3.37.